The molecular formula is C32H56NO6PS. The second kappa shape index (κ2) is 22.5. The maximum Gasteiger partial charge on any atom is 0.527 e. The molecule has 236 valence electrons. The molecular weight excluding hydrogens is 557 g/mol. The van der Waals surface area contributed by atoms with Crippen molar-refractivity contribution in [2.45, 2.75) is 123 Å². The summed E-state index contributed by atoms with van der Waals surface area (Å²) in [7, 11) is -4.30. The molecule has 0 radical (unpaired) electrons. The van der Waals surface area contributed by atoms with Crippen molar-refractivity contribution in [3.8, 4) is 5.75 Å². The largest absolute Gasteiger partial charge is 0.527 e. The van der Waals surface area contributed by atoms with Gasteiger partial charge in [0, 0.05) is 26.0 Å². The third-order valence-electron chi connectivity index (χ3n) is 7.10. The third kappa shape index (κ3) is 18.3. The molecule has 1 aromatic rings. The molecule has 2 atom stereocenters. The molecule has 0 bridgehead atoms. The Bertz CT molecular complexity index is 885. The maximum absolute atomic E-state index is 12.6. The number of allylic oxidation sites excluding steroid dienone is 1. The monoisotopic (exact) mass is 613 g/mol. The zero-order valence-electron chi connectivity index (χ0n) is 25.9. The first-order valence-electron chi connectivity index (χ1n) is 15.9. The van der Waals surface area contributed by atoms with E-state index in [0.29, 0.717) is 32.1 Å². The van der Waals surface area contributed by atoms with Gasteiger partial charge < -0.3 is 18.9 Å². The van der Waals surface area contributed by atoms with Gasteiger partial charge in [0.15, 0.2) is 0 Å². The summed E-state index contributed by atoms with van der Waals surface area (Å²) in [6, 6.07) is 7.23. The second-order valence-corrected chi connectivity index (χ2v) is 13.6. The predicted octanol–water partition coefficient (Wildman–Crippen LogP) is 9.45. The lowest BCUT2D eigenvalue weighted by Crippen LogP contribution is -2.26. The van der Waals surface area contributed by atoms with Crippen LogP contribution in [-0.2, 0) is 25.1 Å². The molecule has 0 saturated heterocycles. The number of nitrogens with zero attached hydrogens (tertiary/aromatic N) is 1. The third-order valence-corrected chi connectivity index (χ3v) is 9.04. The number of unbranched alkanes of at least 4 members (excludes halogenated alkanes) is 13. The van der Waals surface area contributed by atoms with Crippen LogP contribution in [-0.4, -0.2) is 48.2 Å². The topological polar surface area (TPSA) is 77.5 Å². The average molecular weight is 614 g/mol. The van der Waals surface area contributed by atoms with E-state index in [2.05, 4.69) is 24.9 Å². The molecule has 0 aliphatic carbocycles. The fraction of sp³-hybridized carbons (Fsp3) is 0.750. The number of ether oxygens (including phenoxy) is 2. The van der Waals surface area contributed by atoms with E-state index in [0.717, 1.165) is 17.9 Å². The molecule has 1 aliphatic rings. The van der Waals surface area contributed by atoms with E-state index in [9.17, 15) is 9.46 Å². The van der Waals surface area contributed by atoms with Crippen LogP contribution < -0.4 is 4.52 Å². The molecule has 1 aliphatic heterocycles. The Hall–Kier alpha value is -1.02. The molecule has 1 N–H and O–H groups in total. The Kier molecular flexibility index (Phi) is 19.9. The van der Waals surface area contributed by atoms with Crippen LogP contribution in [0.1, 0.15) is 116 Å². The summed E-state index contributed by atoms with van der Waals surface area (Å²) >= 11 is 1.80. The van der Waals surface area contributed by atoms with Gasteiger partial charge in [-0.3, -0.25) is 9.42 Å². The molecule has 0 saturated carbocycles. The van der Waals surface area contributed by atoms with E-state index in [1.165, 1.54) is 88.4 Å². The number of phosphoric ester groups is 1. The van der Waals surface area contributed by atoms with Crippen LogP contribution in [0.2, 0.25) is 0 Å². The number of hydrogen-bond acceptors (Lipinski definition) is 7. The van der Waals surface area contributed by atoms with Crippen molar-refractivity contribution in [3.63, 3.8) is 0 Å². The van der Waals surface area contributed by atoms with E-state index in [1.807, 2.05) is 19.1 Å². The molecule has 9 heteroatoms. The molecule has 0 fully saturated rings. The highest BCUT2D eigenvalue weighted by molar-refractivity contribution is 8.03. The van der Waals surface area contributed by atoms with Gasteiger partial charge in [0.2, 0.25) is 0 Å². The van der Waals surface area contributed by atoms with E-state index in [4.69, 9.17) is 18.5 Å². The molecule has 1 aromatic carbocycles. The standard InChI is InChI=1S/C32H56NO6PS/c1-4-6-7-8-9-10-11-12-13-14-15-16-17-18-22-36-26-32(37-5-2)27-38-40(34,35)39-31-21-19-20-30(23-31)25-33-24-29(3)41-28-33/h19-21,23-24,32H,4-18,22,25-28H2,1-3H3,(H,34,35). The number of thioether (sulfide) groups is 1. The Morgan fingerprint density at radius 1 is 0.927 bits per heavy atom. The fourth-order valence-corrected chi connectivity index (χ4v) is 6.42. The van der Waals surface area contributed by atoms with E-state index < -0.39 is 13.9 Å². The van der Waals surface area contributed by atoms with Gasteiger partial charge >= 0.3 is 7.82 Å². The number of rotatable bonds is 26. The Morgan fingerprint density at radius 3 is 2.15 bits per heavy atom. The van der Waals surface area contributed by atoms with Crippen LogP contribution in [0.25, 0.3) is 0 Å². The summed E-state index contributed by atoms with van der Waals surface area (Å²) in [4.78, 5) is 13.8. The molecule has 2 unspecified atom stereocenters. The number of phosphoric acid groups is 1. The van der Waals surface area contributed by atoms with Gasteiger partial charge in [-0.1, -0.05) is 103 Å². The Labute approximate surface area is 254 Å². The first-order chi connectivity index (χ1) is 19.9. The number of benzene rings is 1. The van der Waals surface area contributed by atoms with Crippen molar-refractivity contribution >= 4 is 19.6 Å². The minimum absolute atomic E-state index is 0.0743. The van der Waals surface area contributed by atoms with Gasteiger partial charge in [-0.15, -0.1) is 11.8 Å². The van der Waals surface area contributed by atoms with Crippen LogP contribution in [0.4, 0.5) is 0 Å². The quantitative estimate of drug-likeness (QED) is 0.0818. The van der Waals surface area contributed by atoms with Crippen LogP contribution in [0.5, 0.6) is 5.75 Å². The SMILES string of the molecule is CCCCCCCCCCCCCCCCOCC(COP(=O)(O)Oc1cccc(CN2C=C(C)SC2)c1)OCC. The second-order valence-electron chi connectivity index (χ2n) is 11.0. The minimum atomic E-state index is -4.30. The van der Waals surface area contributed by atoms with Crippen molar-refractivity contribution in [1.82, 2.24) is 4.90 Å². The molecule has 0 spiro atoms. The van der Waals surface area contributed by atoms with Crippen LogP contribution in [0.15, 0.2) is 35.4 Å². The van der Waals surface area contributed by atoms with Gasteiger partial charge in [-0.25, -0.2) is 4.57 Å². The fourth-order valence-electron chi connectivity index (χ4n) is 4.87. The van der Waals surface area contributed by atoms with Gasteiger partial charge in [0.1, 0.15) is 11.9 Å². The summed E-state index contributed by atoms with van der Waals surface area (Å²) < 4.78 is 34.7. The smallest absolute Gasteiger partial charge is 0.404 e. The average Bonchev–Trinajstić information content (AvgIpc) is 3.35. The molecule has 7 nitrogen and oxygen atoms in total. The van der Waals surface area contributed by atoms with Crippen molar-refractivity contribution in [2.24, 2.45) is 0 Å². The van der Waals surface area contributed by atoms with Crippen molar-refractivity contribution in [2.75, 3.05) is 32.3 Å². The van der Waals surface area contributed by atoms with Gasteiger partial charge in [-0.05, 0) is 42.9 Å². The van der Waals surface area contributed by atoms with Crippen LogP contribution >= 0.6 is 19.6 Å². The highest BCUT2D eigenvalue weighted by Gasteiger charge is 2.26. The molecule has 1 heterocycles. The highest BCUT2D eigenvalue weighted by Crippen LogP contribution is 2.44. The first-order valence-corrected chi connectivity index (χ1v) is 18.4. The number of hydrogen-bond donors (Lipinski definition) is 1. The lowest BCUT2D eigenvalue weighted by molar-refractivity contribution is -0.0373. The molecule has 0 amide bonds. The zero-order chi connectivity index (χ0) is 29.6. The first kappa shape index (κ1) is 36.2. The summed E-state index contributed by atoms with van der Waals surface area (Å²) in [6.45, 7) is 8.33. The molecule has 41 heavy (non-hydrogen) atoms. The summed E-state index contributed by atoms with van der Waals surface area (Å²) in [5, 5.41) is 0. The van der Waals surface area contributed by atoms with Crippen molar-refractivity contribution in [1.29, 1.82) is 0 Å². The molecule has 2 rings (SSSR count). The van der Waals surface area contributed by atoms with Gasteiger partial charge in [0.05, 0.1) is 19.1 Å². The van der Waals surface area contributed by atoms with E-state index >= 15 is 0 Å². The van der Waals surface area contributed by atoms with Gasteiger partial charge in [-0.2, -0.15) is 0 Å². The summed E-state index contributed by atoms with van der Waals surface area (Å²) in [6.07, 6.45) is 20.2. The summed E-state index contributed by atoms with van der Waals surface area (Å²) in [5.74, 6) is 1.21. The van der Waals surface area contributed by atoms with Crippen molar-refractivity contribution < 1.29 is 28.0 Å². The summed E-state index contributed by atoms with van der Waals surface area (Å²) in [5.41, 5.74) is 0.998. The lowest BCUT2D eigenvalue weighted by Gasteiger charge is -2.20. The van der Waals surface area contributed by atoms with Crippen LogP contribution in [0, 0.1) is 0 Å². The Balaban J connectivity index is 1.53. The van der Waals surface area contributed by atoms with Gasteiger partial charge in [0.25, 0.3) is 0 Å². The Morgan fingerprint density at radius 2 is 1.56 bits per heavy atom. The molecule has 0 aromatic heterocycles. The lowest BCUT2D eigenvalue weighted by atomic mass is 10.0. The zero-order valence-corrected chi connectivity index (χ0v) is 27.6. The normalized spacial score (nSPS) is 15.6. The highest BCUT2D eigenvalue weighted by atomic mass is 32.2. The maximum atomic E-state index is 12.6. The minimum Gasteiger partial charge on any atom is -0.404 e. The van der Waals surface area contributed by atoms with Crippen LogP contribution in [0.3, 0.4) is 0 Å². The van der Waals surface area contributed by atoms with E-state index in [1.54, 1.807) is 23.9 Å². The van der Waals surface area contributed by atoms with Crippen molar-refractivity contribution in [3.05, 3.63) is 40.9 Å². The predicted molar refractivity (Wildman–Crippen MR) is 171 cm³/mol. The van der Waals surface area contributed by atoms with E-state index in [-0.39, 0.29) is 6.61 Å².